The Morgan fingerprint density at radius 2 is 1.84 bits per heavy atom. The van der Waals surface area contributed by atoms with Crippen molar-refractivity contribution in [3.63, 3.8) is 0 Å². The highest BCUT2D eigenvalue weighted by Gasteiger charge is 2.28. The molecule has 1 aliphatic heterocycles. The predicted molar refractivity (Wildman–Crippen MR) is 123 cm³/mol. The first-order chi connectivity index (χ1) is 15.0. The Balaban J connectivity index is 1.35. The van der Waals surface area contributed by atoms with Crippen LogP contribution in [-0.2, 0) is 11.3 Å². The van der Waals surface area contributed by atoms with Gasteiger partial charge in [-0.3, -0.25) is 9.36 Å². The van der Waals surface area contributed by atoms with E-state index in [0.717, 1.165) is 52.4 Å². The molecule has 3 heterocycles. The number of piperidine rings is 1. The topological polar surface area (TPSA) is 72.3 Å². The highest BCUT2D eigenvalue weighted by molar-refractivity contribution is 7.17. The molecule has 1 N–H and O–H groups in total. The van der Waals surface area contributed by atoms with E-state index in [-0.39, 0.29) is 11.8 Å². The Kier molecular flexibility index (Phi) is 6.56. The van der Waals surface area contributed by atoms with E-state index >= 15 is 0 Å². The molecule has 1 aliphatic rings. The lowest BCUT2D eigenvalue weighted by atomic mass is 9.97. The van der Waals surface area contributed by atoms with Crippen LogP contribution in [-0.4, -0.2) is 40.4 Å². The summed E-state index contributed by atoms with van der Waals surface area (Å²) < 4.78 is 7.59. The first kappa shape index (κ1) is 21.4. The number of nitrogens with zero attached hydrogens (tertiary/aromatic N) is 4. The van der Waals surface area contributed by atoms with Crippen molar-refractivity contribution < 1.29 is 9.53 Å². The summed E-state index contributed by atoms with van der Waals surface area (Å²) in [4.78, 5) is 15.0. The van der Waals surface area contributed by atoms with Gasteiger partial charge in [0.2, 0.25) is 16.2 Å². The minimum absolute atomic E-state index is 0.0427. The molecule has 0 unspecified atom stereocenters. The van der Waals surface area contributed by atoms with Crippen LogP contribution in [0.1, 0.15) is 36.7 Å². The quantitative estimate of drug-likeness (QED) is 0.605. The minimum atomic E-state index is -0.0427. The lowest BCUT2D eigenvalue weighted by molar-refractivity contribution is -0.125. The molecule has 0 spiro atoms. The summed E-state index contributed by atoms with van der Waals surface area (Å²) in [6.07, 6.45) is 1.87. The van der Waals surface area contributed by atoms with Crippen molar-refractivity contribution in [1.29, 1.82) is 0 Å². The van der Waals surface area contributed by atoms with Gasteiger partial charge in [0.1, 0.15) is 5.75 Å². The van der Waals surface area contributed by atoms with Crippen molar-refractivity contribution in [3.05, 3.63) is 53.3 Å². The van der Waals surface area contributed by atoms with Gasteiger partial charge in [0.15, 0.2) is 0 Å². The number of carbonyl (C=O) groups is 1. The maximum absolute atomic E-state index is 12.8. The van der Waals surface area contributed by atoms with Crippen LogP contribution < -0.4 is 15.0 Å². The maximum Gasteiger partial charge on any atom is 0.225 e. The van der Waals surface area contributed by atoms with E-state index in [0.29, 0.717) is 19.7 Å². The van der Waals surface area contributed by atoms with Gasteiger partial charge in [0.05, 0.1) is 12.5 Å². The number of aromatic nitrogens is 3. The lowest BCUT2D eigenvalue weighted by Gasteiger charge is -2.31. The van der Waals surface area contributed by atoms with E-state index in [9.17, 15) is 4.79 Å². The number of nitrogens with one attached hydrogen (secondary N) is 1. The van der Waals surface area contributed by atoms with Crippen LogP contribution in [0, 0.1) is 19.8 Å². The van der Waals surface area contributed by atoms with Gasteiger partial charge in [0, 0.05) is 31.0 Å². The van der Waals surface area contributed by atoms with Gasteiger partial charge in [-0.05, 0) is 63.4 Å². The van der Waals surface area contributed by atoms with Crippen molar-refractivity contribution in [3.8, 4) is 10.9 Å². The van der Waals surface area contributed by atoms with Crippen LogP contribution in [0.3, 0.4) is 0 Å². The SMILES string of the molecule is CCOc1ccc(CNC(=O)[C@H]2CCCN(c3nnc(-n4c(C)ccc4C)s3)C2)cc1. The summed E-state index contributed by atoms with van der Waals surface area (Å²) in [7, 11) is 0. The van der Waals surface area contributed by atoms with Crippen LogP contribution in [0.4, 0.5) is 5.13 Å². The van der Waals surface area contributed by atoms with Crippen LogP contribution in [0.5, 0.6) is 5.75 Å². The summed E-state index contributed by atoms with van der Waals surface area (Å²) in [5.41, 5.74) is 3.35. The van der Waals surface area contributed by atoms with Crippen molar-refractivity contribution >= 4 is 22.4 Å². The molecule has 0 bridgehead atoms. The third-order valence-corrected chi connectivity index (χ3v) is 6.60. The van der Waals surface area contributed by atoms with Crippen LogP contribution >= 0.6 is 11.3 Å². The molecule has 0 saturated carbocycles. The standard InChI is InChI=1S/C23H29N5O2S/c1-4-30-20-11-9-18(10-12-20)14-24-21(29)19-6-5-13-27(15-19)22-25-26-23(31-22)28-16(2)7-8-17(28)3/h7-12,19H,4-6,13-15H2,1-3H3,(H,24,29)/t19-/m0/s1. The molecule has 0 aliphatic carbocycles. The Morgan fingerprint density at radius 1 is 1.13 bits per heavy atom. The molecule has 31 heavy (non-hydrogen) atoms. The van der Waals surface area contributed by atoms with Crippen molar-refractivity contribution in [2.45, 2.75) is 40.2 Å². The molecule has 7 nitrogen and oxygen atoms in total. The number of benzene rings is 1. The number of aryl methyl sites for hydroxylation is 2. The van der Waals surface area contributed by atoms with E-state index in [1.165, 1.54) is 0 Å². The predicted octanol–water partition coefficient (Wildman–Crippen LogP) is 3.88. The maximum atomic E-state index is 12.8. The highest BCUT2D eigenvalue weighted by atomic mass is 32.1. The van der Waals surface area contributed by atoms with Crippen molar-refractivity contribution in [2.24, 2.45) is 5.92 Å². The number of hydrogen-bond donors (Lipinski definition) is 1. The molecule has 1 fully saturated rings. The fourth-order valence-corrected chi connectivity index (χ4v) is 4.97. The average Bonchev–Trinajstić information content (AvgIpc) is 3.39. The third kappa shape index (κ3) is 4.90. The monoisotopic (exact) mass is 439 g/mol. The number of anilines is 1. The summed E-state index contributed by atoms with van der Waals surface area (Å²) in [6.45, 7) is 8.85. The normalized spacial score (nSPS) is 16.4. The summed E-state index contributed by atoms with van der Waals surface area (Å²) >= 11 is 1.58. The van der Waals surface area contributed by atoms with E-state index < -0.39 is 0 Å². The number of carbonyl (C=O) groups excluding carboxylic acids is 1. The number of rotatable bonds is 7. The minimum Gasteiger partial charge on any atom is -0.494 e. The number of hydrogen-bond acceptors (Lipinski definition) is 6. The largest absolute Gasteiger partial charge is 0.494 e. The molecule has 8 heteroatoms. The molecule has 0 radical (unpaired) electrons. The second-order valence-corrected chi connectivity index (χ2v) is 8.83. The van der Waals surface area contributed by atoms with Gasteiger partial charge in [-0.2, -0.15) is 0 Å². The van der Waals surface area contributed by atoms with Gasteiger partial charge in [0.25, 0.3) is 0 Å². The number of ether oxygens (including phenoxy) is 1. The van der Waals surface area contributed by atoms with Crippen LogP contribution in [0.15, 0.2) is 36.4 Å². The fourth-order valence-electron chi connectivity index (χ4n) is 3.96. The van der Waals surface area contributed by atoms with E-state index in [1.807, 2.05) is 31.2 Å². The van der Waals surface area contributed by atoms with E-state index in [4.69, 9.17) is 4.74 Å². The molecule has 2 aromatic heterocycles. The second-order valence-electron chi connectivity index (χ2n) is 7.90. The van der Waals surface area contributed by atoms with Gasteiger partial charge in [-0.25, -0.2) is 0 Å². The van der Waals surface area contributed by atoms with E-state index in [2.05, 4.69) is 51.0 Å². The van der Waals surface area contributed by atoms with Crippen molar-refractivity contribution in [1.82, 2.24) is 20.1 Å². The van der Waals surface area contributed by atoms with Crippen LogP contribution in [0.2, 0.25) is 0 Å². The zero-order valence-corrected chi connectivity index (χ0v) is 19.1. The Bertz CT molecular complexity index is 1010. The molecule has 1 saturated heterocycles. The molecule has 164 valence electrons. The summed E-state index contributed by atoms with van der Waals surface area (Å²) in [5, 5.41) is 13.7. The smallest absolute Gasteiger partial charge is 0.225 e. The average molecular weight is 440 g/mol. The Labute approximate surface area is 187 Å². The first-order valence-corrected chi connectivity index (χ1v) is 11.6. The van der Waals surface area contributed by atoms with Gasteiger partial charge in [-0.15, -0.1) is 10.2 Å². The van der Waals surface area contributed by atoms with Crippen LogP contribution in [0.25, 0.3) is 5.13 Å². The molecule has 1 aromatic carbocycles. The Hall–Kier alpha value is -2.87. The third-order valence-electron chi connectivity index (χ3n) is 5.63. The van der Waals surface area contributed by atoms with Gasteiger partial charge >= 0.3 is 0 Å². The fraction of sp³-hybridized carbons (Fsp3) is 0.435. The first-order valence-electron chi connectivity index (χ1n) is 10.8. The van der Waals surface area contributed by atoms with Gasteiger partial charge in [-0.1, -0.05) is 23.5 Å². The Morgan fingerprint density at radius 3 is 2.55 bits per heavy atom. The zero-order chi connectivity index (χ0) is 21.8. The molecule has 4 rings (SSSR count). The molecular weight excluding hydrogens is 410 g/mol. The molecule has 1 atom stereocenters. The highest BCUT2D eigenvalue weighted by Crippen LogP contribution is 2.29. The number of amides is 1. The zero-order valence-electron chi connectivity index (χ0n) is 18.3. The summed E-state index contributed by atoms with van der Waals surface area (Å²) in [5.74, 6) is 0.904. The van der Waals surface area contributed by atoms with Gasteiger partial charge < -0.3 is 15.0 Å². The van der Waals surface area contributed by atoms with Crippen molar-refractivity contribution in [2.75, 3.05) is 24.6 Å². The van der Waals surface area contributed by atoms with E-state index in [1.54, 1.807) is 11.3 Å². The molecule has 1 amide bonds. The molecular formula is C23H29N5O2S. The second kappa shape index (κ2) is 9.51. The lowest BCUT2D eigenvalue weighted by Crippen LogP contribution is -2.43. The molecule has 3 aromatic rings. The summed E-state index contributed by atoms with van der Waals surface area (Å²) in [6, 6.07) is 12.0.